The van der Waals surface area contributed by atoms with Crippen LogP contribution in [0.2, 0.25) is 0 Å². The number of hydrogen-bond donors (Lipinski definition) is 0. The summed E-state index contributed by atoms with van der Waals surface area (Å²) in [5, 5.41) is 0. The summed E-state index contributed by atoms with van der Waals surface area (Å²) in [6.45, 7) is 2.12. The number of halogens is 1. The molecule has 4 rings (SSSR count). The SMILES string of the molecule is O=C(CC1=C2CCCCC2N(Cc2ccc(F)cc2)C1=O)N1CCCCC1. The molecule has 2 amide bonds. The van der Waals surface area contributed by atoms with Crippen LogP contribution in [0.3, 0.4) is 0 Å². The lowest BCUT2D eigenvalue weighted by Gasteiger charge is -2.30. The molecule has 1 aromatic carbocycles. The molecule has 0 radical (unpaired) electrons. The highest BCUT2D eigenvalue weighted by atomic mass is 19.1. The minimum Gasteiger partial charge on any atom is -0.342 e. The van der Waals surface area contributed by atoms with Crippen LogP contribution in [0.4, 0.5) is 4.39 Å². The fourth-order valence-electron chi connectivity index (χ4n) is 4.71. The molecule has 2 heterocycles. The summed E-state index contributed by atoms with van der Waals surface area (Å²) in [6, 6.07) is 6.46. The predicted molar refractivity (Wildman–Crippen MR) is 101 cm³/mol. The van der Waals surface area contributed by atoms with Crippen molar-refractivity contribution in [2.75, 3.05) is 13.1 Å². The number of piperidine rings is 1. The second kappa shape index (κ2) is 7.83. The minimum atomic E-state index is -0.268. The number of carbonyl (C=O) groups is 2. The average Bonchev–Trinajstić information content (AvgIpc) is 2.96. The van der Waals surface area contributed by atoms with Crippen LogP contribution < -0.4 is 0 Å². The molecule has 0 N–H and O–H groups in total. The first-order chi connectivity index (χ1) is 13.1. The maximum atomic E-state index is 13.2. The molecule has 1 atom stereocenters. The molecule has 2 aliphatic heterocycles. The van der Waals surface area contributed by atoms with E-state index in [1.165, 1.54) is 24.1 Å². The summed E-state index contributed by atoms with van der Waals surface area (Å²) >= 11 is 0. The molecule has 144 valence electrons. The maximum absolute atomic E-state index is 13.2. The minimum absolute atomic E-state index is 0.00610. The van der Waals surface area contributed by atoms with E-state index in [4.69, 9.17) is 0 Å². The van der Waals surface area contributed by atoms with E-state index in [1.807, 2.05) is 9.80 Å². The number of benzene rings is 1. The average molecular weight is 370 g/mol. The number of likely N-dealkylation sites (tertiary alicyclic amines) is 1. The van der Waals surface area contributed by atoms with Crippen molar-refractivity contribution in [3.63, 3.8) is 0 Å². The Bertz CT molecular complexity index is 750. The van der Waals surface area contributed by atoms with Gasteiger partial charge in [0.1, 0.15) is 5.82 Å². The summed E-state index contributed by atoms with van der Waals surface area (Å²) in [7, 11) is 0. The van der Waals surface area contributed by atoms with Crippen LogP contribution in [0.25, 0.3) is 0 Å². The van der Waals surface area contributed by atoms with E-state index in [0.717, 1.165) is 62.8 Å². The van der Waals surface area contributed by atoms with Crippen LogP contribution in [-0.4, -0.2) is 40.7 Å². The van der Waals surface area contributed by atoms with E-state index in [2.05, 4.69) is 0 Å². The quantitative estimate of drug-likeness (QED) is 0.809. The van der Waals surface area contributed by atoms with Gasteiger partial charge in [0.25, 0.3) is 5.91 Å². The second-order valence-electron chi connectivity index (χ2n) is 7.94. The van der Waals surface area contributed by atoms with Crippen molar-refractivity contribution in [2.24, 2.45) is 0 Å². The van der Waals surface area contributed by atoms with Crippen LogP contribution in [0.5, 0.6) is 0 Å². The number of carbonyl (C=O) groups excluding carboxylic acids is 2. The summed E-state index contributed by atoms with van der Waals surface area (Å²) < 4.78 is 13.2. The maximum Gasteiger partial charge on any atom is 0.251 e. The zero-order valence-electron chi connectivity index (χ0n) is 15.8. The van der Waals surface area contributed by atoms with Crippen molar-refractivity contribution >= 4 is 11.8 Å². The number of fused-ring (bicyclic) bond motifs is 1. The molecule has 2 fully saturated rings. The van der Waals surface area contributed by atoms with Gasteiger partial charge in [-0.25, -0.2) is 4.39 Å². The fourth-order valence-corrected chi connectivity index (χ4v) is 4.71. The van der Waals surface area contributed by atoms with Gasteiger partial charge in [-0.1, -0.05) is 18.6 Å². The van der Waals surface area contributed by atoms with Gasteiger partial charge in [-0.3, -0.25) is 9.59 Å². The van der Waals surface area contributed by atoms with Gasteiger partial charge in [-0.15, -0.1) is 0 Å². The highest BCUT2D eigenvalue weighted by molar-refractivity contribution is 6.02. The molecule has 1 aliphatic carbocycles. The molecule has 4 nitrogen and oxygen atoms in total. The zero-order valence-corrected chi connectivity index (χ0v) is 15.8. The Hall–Kier alpha value is -2.17. The van der Waals surface area contributed by atoms with E-state index >= 15 is 0 Å². The molecule has 0 aromatic heterocycles. The third-order valence-electron chi connectivity index (χ3n) is 6.16. The van der Waals surface area contributed by atoms with Gasteiger partial charge >= 0.3 is 0 Å². The van der Waals surface area contributed by atoms with Gasteiger partial charge in [-0.2, -0.15) is 0 Å². The van der Waals surface area contributed by atoms with Crippen molar-refractivity contribution in [2.45, 2.75) is 64.0 Å². The molecule has 1 saturated carbocycles. The largest absolute Gasteiger partial charge is 0.342 e. The monoisotopic (exact) mass is 370 g/mol. The van der Waals surface area contributed by atoms with Gasteiger partial charge in [0.15, 0.2) is 0 Å². The lowest BCUT2D eigenvalue weighted by molar-refractivity contribution is -0.134. The number of amides is 2. The Labute approximate surface area is 160 Å². The molecular formula is C22H27FN2O2. The zero-order chi connectivity index (χ0) is 18.8. The standard InChI is InChI=1S/C22H27FN2O2/c23-17-10-8-16(9-11-17)15-25-20-7-3-2-6-18(20)19(22(25)27)14-21(26)24-12-4-1-5-13-24/h8-11,20H,1-7,12-15H2. The molecule has 3 aliphatic rings. The van der Waals surface area contributed by atoms with Gasteiger partial charge in [-0.05, 0) is 61.8 Å². The van der Waals surface area contributed by atoms with Crippen LogP contribution in [0.1, 0.15) is 56.9 Å². The highest BCUT2D eigenvalue weighted by Crippen LogP contribution is 2.39. The van der Waals surface area contributed by atoms with Crippen molar-refractivity contribution in [3.8, 4) is 0 Å². The van der Waals surface area contributed by atoms with Crippen LogP contribution >= 0.6 is 0 Å². The van der Waals surface area contributed by atoms with E-state index in [0.29, 0.717) is 6.54 Å². The first kappa shape index (κ1) is 18.2. The van der Waals surface area contributed by atoms with E-state index in [1.54, 1.807) is 12.1 Å². The van der Waals surface area contributed by atoms with Crippen LogP contribution in [0, 0.1) is 5.82 Å². The van der Waals surface area contributed by atoms with Crippen molar-refractivity contribution in [1.82, 2.24) is 9.80 Å². The van der Waals surface area contributed by atoms with Gasteiger partial charge in [0.2, 0.25) is 5.91 Å². The van der Waals surface area contributed by atoms with Crippen molar-refractivity contribution < 1.29 is 14.0 Å². The normalized spacial score (nSPS) is 23.0. The number of nitrogens with zero attached hydrogens (tertiary/aromatic N) is 2. The molecule has 5 heteroatoms. The second-order valence-corrected chi connectivity index (χ2v) is 7.94. The van der Waals surface area contributed by atoms with Gasteiger partial charge in [0.05, 0.1) is 12.5 Å². The highest BCUT2D eigenvalue weighted by Gasteiger charge is 2.40. The van der Waals surface area contributed by atoms with Crippen molar-refractivity contribution in [3.05, 3.63) is 46.8 Å². The molecule has 1 aromatic rings. The number of hydrogen-bond acceptors (Lipinski definition) is 2. The Morgan fingerprint density at radius 2 is 1.78 bits per heavy atom. The van der Waals surface area contributed by atoms with Gasteiger partial charge in [0, 0.05) is 25.2 Å². The smallest absolute Gasteiger partial charge is 0.251 e. The molecule has 0 spiro atoms. The third kappa shape index (κ3) is 3.78. The molecule has 0 bridgehead atoms. The third-order valence-corrected chi connectivity index (χ3v) is 6.16. The summed E-state index contributed by atoms with van der Waals surface area (Å²) in [5.41, 5.74) is 2.84. The fraction of sp³-hybridized carbons (Fsp3) is 0.545. The molecule has 1 saturated heterocycles. The lowest BCUT2D eigenvalue weighted by atomic mass is 9.88. The molecule has 27 heavy (non-hydrogen) atoms. The lowest BCUT2D eigenvalue weighted by Crippen LogP contribution is -2.37. The molecular weight excluding hydrogens is 343 g/mol. The first-order valence-corrected chi connectivity index (χ1v) is 10.2. The number of rotatable bonds is 4. The Morgan fingerprint density at radius 1 is 1.04 bits per heavy atom. The Morgan fingerprint density at radius 3 is 2.52 bits per heavy atom. The van der Waals surface area contributed by atoms with Crippen molar-refractivity contribution in [1.29, 1.82) is 0 Å². The topological polar surface area (TPSA) is 40.6 Å². The van der Waals surface area contributed by atoms with Crippen LogP contribution in [-0.2, 0) is 16.1 Å². The van der Waals surface area contributed by atoms with Gasteiger partial charge < -0.3 is 9.80 Å². The summed E-state index contributed by atoms with van der Waals surface area (Å²) in [4.78, 5) is 29.8. The van der Waals surface area contributed by atoms with E-state index in [-0.39, 0.29) is 30.1 Å². The van der Waals surface area contributed by atoms with E-state index < -0.39 is 0 Å². The summed E-state index contributed by atoms with van der Waals surface area (Å²) in [5.74, 6) is -0.166. The Balaban J connectivity index is 1.52. The Kier molecular flexibility index (Phi) is 5.28. The molecule has 1 unspecified atom stereocenters. The first-order valence-electron chi connectivity index (χ1n) is 10.2. The van der Waals surface area contributed by atoms with E-state index in [9.17, 15) is 14.0 Å². The predicted octanol–water partition coefficient (Wildman–Crippen LogP) is 3.81. The summed E-state index contributed by atoms with van der Waals surface area (Å²) in [6.07, 6.45) is 7.62. The van der Waals surface area contributed by atoms with Crippen LogP contribution in [0.15, 0.2) is 35.4 Å².